The summed E-state index contributed by atoms with van der Waals surface area (Å²) in [7, 11) is 20.9. The quantitative estimate of drug-likeness (QED) is 0.0231. The highest BCUT2D eigenvalue weighted by molar-refractivity contribution is 5.81. The largest absolute Gasteiger partial charge is 0.493 e. The summed E-state index contributed by atoms with van der Waals surface area (Å²) in [6, 6.07) is 16.5. The number of carbonyl (C=O) groups is 2. The van der Waals surface area contributed by atoms with E-state index in [4.69, 9.17) is 56.8 Å². The van der Waals surface area contributed by atoms with Gasteiger partial charge in [-0.25, -0.2) is 4.79 Å². The lowest BCUT2D eigenvalue weighted by Gasteiger charge is -2.46. The number of hydrogen-bond acceptors (Lipinski definition) is 14. The van der Waals surface area contributed by atoms with E-state index < -0.39 is 0 Å². The van der Waals surface area contributed by atoms with Gasteiger partial charge in [-0.3, -0.25) is 4.79 Å². The molecule has 4 aromatic carbocycles. The van der Waals surface area contributed by atoms with Crippen molar-refractivity contribution in [3.63, 3.8) is 0 Å². The molecule has 0 aromatic heterocycles. The molecule has 0 radical (unpaired) electrons. The Bertz CT molecular complexity index is 2510. The predicted octanol–water partition coefficient (Wildman–Crippen LogP) is 9.03. The first kappa shape index (κ1) is 56.8. The molecule has 4 aromatic rings. The molecule has 6 rings (SSSR count). The molecule has 2 aliphatic heterocycles. The van der Waals surface area contributed by atoms with Crippen LogP contribution in [0.2, 0.25) is 0 Å². The second kappa shape index (κ2) is 26.6. The van der Waals surface area contributed by atoms with Crippen molar-refractivity contribution in [2.75, 3.05) is 125 Å². The zero-order valence-corrected chi connectivity index (χ0v) is 45.9. The molecular formula is C58H80N2O14+2. The van der Waals surface area contributed by atoms with E-state index in [2.05, 4.69) is 38.4 Å². The number of benzene rings is 4. The molecule has 74 heavy (non-hydrogen) atoms. The molecule has 404 valence electrons. The van der Waals surface area contributed by atoms with Gasteiger partial charge in [0.1, 0.15) is 12.1 Å². The number of allylic oxidation sites excluding steroid dienone is 1. The predicted molar refractivity (Wildman–Crippen MR) is 282 cm³/mol. The molecule has 4 atom stereocenters. The van der Waals surface area contributed by atoms with Crippen molar-refractivity contribution in [3.05, 3.63) is 94.1 Å². The average Bonchev–Trinajstić information content (AvgIpc) is 3.42. The molecule has 0 aliphatic carbocycles. The topological polar surface area (TPSA) is 145 Å². The van der Waals surface area contributed by atoms with Gasteiger partial charge in [-0.1, -0.05) is 6.08 Å². The summed E-state index contributed by atoms with van der Waals surface area (Å²) in [6.07, 6.45) is 10.2. The van der Waals surface area contributed by atoms with Crippen molar-refractivity contribution in [2.45, 2.75) is 76.3 Å². The Morgan fingerprint density at radius 1 is 0.486 bits per heavy atom. The summed E-state index contributed by atoms with van der Waals surface area (Å²) in [6.45, 7) is 3.99. The fourth-order valence-corrected chi connectivity index (χ4v) is 10.9. The van der Waals surface area contributed by atoms with Crippen LogP contribution in [0.1, 0.15) is 84.0 Å². The van der Waals surface area contributed by atoms with E-state index in [-0.39, 0.29) is 24.0 Å². The Hall–Kier alpha value is -6.52. The molecule has 2 heterocycles. The van der Waals surface area contributed by atoms with E-state index in [0.717, 1.165) is 65.5 Å². The lowest BCUT2D eigenvalue weighted by Crippen LogP contribution is -2.52. The average molecular weight is 1030 g/mol. The van der Waals surface area contributed by atoms with Gasteiger partial charge in [0.2, 0.25) is 11.5 Å². The third kappa shape index (κ3) is 13.4. The molecule has 2 unspecified atom stereocenters. The highest BCUT2D eigenvalue weighted by Crippen LogP contribution is 2.47. The van der Waals surface area contributed by atoms with Crippen molar-refractivity contribution in [1.82, 2.24) is 0 Å². The third-order valence-electron chi connectivity index (χ3n) is 15.0. The van der Waals surface area contributed by atoms with Crippen molar-refractivity contribution >= 4 is 11.9 Å². The Balaban J connectivity index is 0.967. The van der Waals surface area contributed by atoms with Crippen LogP contribution < -0.4 is 47.4 Å². The first-order valence-electron chi connectivity index (χ1n) is 25.5. The summed E-state index contributed by atoms with van der Waals surface area (Å²) in [5.41, 5.74) is 6.93. The maximum absolute atomic E-state index is 12.9. The summed E-state index contributed by atoms with van der Waals surface area (Å²) < 4.78 is 69.8. The normalized spacial score (nSPS) is 18.9. The zero-order chi connectivity index (χ0) is 53.4. The van der Waals surface area contributed by atoms with Gasteiger partial charge in [0, 0.05) is 62.1 Å². The van der Waals surface area contributed by atoms with Crippen LogP contribution in [-0.2, 0) is 44.7 Å². The van der Waals surface area contributed by atoms with Crippen molar-refractivity contribution in [1.29, 1.82) is 0 Å². The molecule has 0 saturated heterocycles. The summed E-state index contributed by atoms with van der Waals surface area (Å²) in [5.74, 6) is 5.71. The number of carbonyl (C=O) groups excluding carboxylic acids is 2. The van der Waals surface area contributed by atoms with E-state index in [1.165, 1.54) is 28.3 Å². The maximum atomic E-state index is 12.9. The molecule has 16 heteroatoms. The Morgan fingerprint density at radius 3 is 1.27 bits per heavy atom. The molecule has 0 amide bonds. The smallest absolute Gasteiger partial charge is 0.330 e. The van der Waals surface area contributed by atoms with Crippen LogP contribution >= 0.6 is 0 Å². The molecular weight excluding hydrogens is 949 g/mol. The lowest BCUT2D eigenvalue weighted by molar-refractivity contribution is -0.941. The minimum atomic E-state index is -0.375. The summed E-state index contributed by atoms with van der Waals surface area (Å²) >= 11 is 0. The van der Waals surface area contributed by atoms with Gasteiger partial charge in [-0.2, -0.15) is 0 Å². The van der Waals surface area contributed by atoms with Gasteiger partial charge in [0.25, 0.3) is 0 Å². The molecule has 0 bridgehead atoms. The Morgan fingerprint density at radius 2 is 0.878 bits per heavy atom. The fraction of sp³-hybridized carbons (Fsp3) is 0.517. The van der Waals surface area contributed by atoms with Crippen LogP contribution in [0.5, 0.6) is 57.5 Å². The van der Waals surface area contributed by atoms with E-state index in [1.54, 1.807) is 71.1 Å². The molecule has 2 aliphatic rings. The van der Waals surface area contributed by atoms with Crippen LogP contribution in [0, 0.1) is 0 Å². The van der Waals surface area contributed by atoms with Crippen LogP contribution in [0.3, 0.4) is 0 Å². The minimum Gasteiger partial charge on any atom is -0.493 e. The number of hydrogen-bond donors (Lipinski definition) is 0. The Labute approximate surface area is 438 Å². The van der Waals surface area contributed by atoms with Crippen LogP contribution in [0.25, 0.3) is 0 Å². The molecule has 0 spiro atoms. The standard InChI is InChI=1S/C58H80N2O14/c1-59(25-21-41-35-47(63-3)49(65-5)37-43(41)45(59)29-39-31-51(67-7)57(71-11)52(32-39)68-8)23-17-27-73-55(61)19-15-13-14-16-20-56(62)74-28-18-24-60(2)26-22-42-36-48(64-4)50(66-6)38-44(42)46(60)30-40-33-53(69-9)58(72-12)54(34-40)70-10/h15,19,31-38,45-46H,13-14,16-18,20-30H2,1-12H3/q+2/b19-15+/t45-,46-,59?,60?/m1/s1. The van der Waals surface area contributed by atoms with E-state index in [9.17, 15) is 9.59 Å². The Kier molecular flexibility index (Phi) is 20.4. The van der Waals surface area contributed by atoms with Crippen molar-refractivity contribution in [2.24, 2.45) is 0 Å². The number of methoxy groups -OCH3 is 10. The molecule has 0 N–H and O–H groups in total. The van der Waals surface area contributed by atoms with Crippen molar-refractivity contribution in [3.8, 4) is 57.5 Å². The number of quaternary nitrogens is 2. The fourth-order valence-electron chi connectivity index (χ4n) is 10.9. The maximum Gasteiger partial charge on any atom is 0.330 e. The SMILES string of the molecule is COc1cc2c(cc1OC)[C@@H](Cc1cc(OC)c(OC)c(OC)c1)[N+](C)(CCCOC(=O)/C=C/CCCCC(=O)OCCC[N+]1(C)CCc3cc(OC)c(OC)cc3[C@H]1Cc1cc(OC)c(OC)c(OC)c1)CC2. The number of ether oxygens (including phenoxy) is 12. The second-order valence-corrected chi connectivity index (χ2v) is 19.4. The summed E-state index contributed by atoms with van der Waals surface area (Å²) in [4.78, 5) is 25.7. The first-order chi connectivity index (χ1) is 35.7. The number of rotatable bonds is 28. The molecule has 0 fully saturated rings. The van der Waals surface area contributed by atoms with E-state index >= 15 is 0 Å². The van der Waals surface area contributed by atoms with E-state index in [1.807, 2.05) is 30.3 Å². The monoisotopic (exact) mass is 1030 g/mol. The highest BCUT2D eigenvalue weighted by Gasteiger charge is 2.42. The third-order valence-corrected chi connectivity index (χ3v) is 15.0. The van der Waals surface area contributed by atoms with Gasteiger partial charge >= 0.3 is 11.9 Å². The molecule has 0 saturated carbocycles. The van der Waals surface area contributed by atoms with Crippen molar-refractivity contribution < 1.29 is 75.4 Å². The van der Waals surface area contributed by atoms with Gasteiger partial charge in [0.05, 0.1) is 125 Å². The second-order valence-electron chi connectivity index (χ2n) is 19.4. The van der Waals surface area contributed by atoms with Crippen LogP contribution in [0.4, 0.5) is 0 Å². The number of fused-ring (bicyclic) bond motifs is 2. The number of likely N-dealkylation sites (N-methyl/N-ethyl adjacent to an activating group) is 2. The van der Waals surface area contributed by atoms with Gasteiger partial charge < -0.3 is 65.8 Å². The summed E-state index contributed by atoms with van der Waals surface area (Å²) in [5, 5.41) is 0. The number of nitrogens with zero attached hydrogens (tertiary/aromatic N) is 2. The van der Waals surface area contributed by atoms with Crippen LogP contribution in [0.15, 0.2) is 60.7 Å². The minimum absolute atomic E-state index is 0.0502. The number of unbranched alkanes of at least 4 members (excludes halogenated alkanes) is 2. The highest BCUT2D eigenvalue weighted by atomic mass is 16.6. The first-order valence-corrected chi connectivity index (χ1v) is 25.5. The van der Waals surface area contributed by atoms with Gasteiger partial charge in [-0.15, -0.1) is 0 Å². The van der Waals surface area contributed by atoms with Gasteiger partial charge in [-0.05, 0) is 90.0 Å². The van der Waals surface area contributed by atoms with E-state index in [0.29, 0.717) is 116 Å². The number of esters is 2. The van der Waals surface area contributed by atoms with Crippen LogP contribution in [-0.4, -0.2) is 145 Å². The van der Waals surface area contributed by atoms with Gasteiger partial charge in [0.15, 0.2) is 46.0 Å². The zero-order valence-electron chi connectivity index (χ0n) is 45.9. The molecule has 16 nitrogen and oxygen atoms in total. The lowest BCUT2D eigenvalue weighted by atomic mass is 9.86.